The maximum absolute atomic E-state index is 5.60. The van der Waals surface area contributed by atoms with Gasteiger partial charge in [0.25, 0.3) is 0 Å². The summed E-state index contributed by atoms with van der Waals surface area (Å²) in [6.45, 7) is 4.79. The van der Waals surface area contributed by atoms with E-state index < -0.39 is 0 Å². The molecule has 3 aromatic rings. The predicted molar refractivity (Wildman–Crippen MR) is 78.5 cm³/mol. The predicted octanol–water partition coefficient (Wildman–Crippen LogP) is 3.49. The van der Waals surface area contributed by atoms with Gasteiger partial charge in [-0.25, -0.2) is 0 Å². The lowest BCUT2D eigenvalue weighted by molar-refractivity contribution is 0.0764. The van der Waals surface area contributed by atoms with Crippen LogP contribution in [0.4, 0.5) is 0 Å². The van der Waals surface area contributed by atoms with Gasteiger partial charge in [0, 0.05) is 18.4 Å². The molecular formula is C16H17N3O. The molecule has 4 nitrogen and oxygen atoms in total. The van der Waals surface area contributed by atoms with E-state index in [-0.39, 0.29) is 6.10 Å². The summed E-state index contributed by atoms with van der Waals surface area (Å²) in [5.41, 5.74) is 3.08. The normalized spacial score (nSPS) is 12.7. The molecule has 0 amide bonds. The highest BCUT2D eigenvalue weighted by Gasteiger charge is 2.09. The monoisotopic (exact) mass is 267 g/mol. The fraction of sp³-hybridized carbons (Fsp3) is 0.250. The zero-order valence-corrected chi connectivity index (χ0v) is 11.7. The first-order valence-corrected chi connectivity index (χ1v) is 6.81. The molecule has 0 saturated carbocycles. The van der Waals surface area contributed by atoms with Gasteiger partial charge in [0.05, 0.1) is 6.10 Å². The Hall–Kier alpha value is -2.20. The third-order valence-corrected chi connectivity index (χ3v) is 3.37. The molecule has 1 aromatic carbocycles. The molecule has 0 aliphatic heterocycles. The van der Waals surface area contributed by atoms with Crippen LogP contribution in [0.2, 0.25) is 0 Å². The number of benzene rings is 1. The van der Waals surface area contributed by atoms with Gasteiger partial charge < -0.3 is 4.74 Å². The van der Waals surface area contributed by atoms with Crippen LogP contribution in [0, 0.1) is 0 Å². The number of aromatic nitrogens is 3. The van der Waals surface area contributed by atoms with E-state index in [9.17, 15) is 0 Å². The van der Waals surface area contributed by atoms with Crippen molar-refractivity contribution >= 4 is 5.65 Å². The molecule has 1 unspecified atom stereocenters. The Balaban J connectivity index is 1.95. The Bertz CT molecular complexity index is 703. The molecule has 0 radical (unpaired) electrons. The molecular weight excluding hydrogens is 250 g/mol. The molecule has 0 spiro atoms. The van der Waals surface area contributed by atoms with E-state index in [0.29, 0.717) is 0 Å². The van der Waals surface area contributed by atoms with Crippen molar-refractivity contribution in [3.8, 4) is 11.4 Å². The van der Waals surface area contributed by atoms with Crippen LogP contribution in [-0.2, 0) is 4.74 Å². The van der Waals surface area contributed by atoms with Crippen molar-refractivity contribution < 1.29 is 4.74 Å². The first-order chi connectivity index (χ1) is 9.79. The number of nitrogens with zero attached hydrogens (tertiary/aromatic N) is 3. The summed E-state index contributed by atoms with van der Waals surface area (Å²) < 4.78 is 7.58. The lowest BCUT2D eigenvalue weighted by Gasteiger charge is -2.12. The average molecular weight is 267 g/mol. The van der Waals surface area contributed by atoms with Crippen molar-refractivity contribution in [2.75, 3.05) is 6.61 Å². The molecule has 20 heavy (non-hydrogen) atoms. The Kier molecular flexibility index (Phi) is 3.48. The Labute approximate surface area is 118 Å². The van der Waals surface area contributed by atoms with Crippen LogP contribution in [-0.4, -0.2) is 21.2 Å². The highest BCUT2D eigenvalue weighted by atomic mass is 16.5. The first-order valence-electron chi connectivity index (χ1n) is 6.81. The van der Waals surface area contributed by atoms with E-state index in [1.165, 1.54) is 5.56 Å². The van der Waals surface area contributed by atoms with Gasteiger partial charge in [-0.15, -0.1) is 10.2 Å². The minimum Gasteiger partial charge on any atom is -0.374 e. The largest absolute Gasteiger partial charge is 0.374 e. The van der Waals surface area contributed by atoms with Crippen LogP contribution >= 0.6 is 0 Å². The summed E-state index contributed by atoms with van der Waals surface area (Å²) in [5.74, 6) is 0.858. The number of hydrogen-bond acceptors (Lipinski definition) is 3. The summed E-state index contributed by atoms with van der Waals surface area (Å²) in [6.07, 6.45) is 2.09. The first kappa shape index (κ1) is 12.8. The molecule has 0 fully saturated rings. The highest BCUT2D eigenvalue weighted by Crippen LogP contribution is 2.22. The van der Waals surface area contributed by atoms with Gasteiger partial charge in [0.1, 0.15) is 0 Å². The van der Waals surface area contributed by atoms with E-state index in [0.717, 1.165) is 23.6 Å². The number of pyridine rings is 1. The van der Waals surface area contributed by atoms with Gasteiger partial charge >= 0.3 is 0 Å². The fourth-order valence-corrected chi connectivity index (χ4v) is 2.29. The Morgan fingerprint density at radius 3 is 2.65 bits per heavy atom. The second-order valence-corrected chi connectivity index (χ2v) is 4.67. The molecule has 0 saturated heterocycles. The van der Waals surface area contributed by atoms with Crippen LogP contribution < -0.4 is 0 Å². The highest BCUT2D eigenvalue weighted by molar-refractivity contribution is 5.59. The van der Waals surface area contributed by atoms with E-state index in [1.807, 2.05) is 35.7 Å². The van der Waals surface area contributed by atoms with Gasteiger partial charge in [-0.2, -0.15) is 0 Å². The summed E-state index contributed by atoms with van der Waals surface area (Å²) in [7, 11) is 0. The van der Waals surface area contributed by atoms with Crippen molar-refractivity contribution in [3.63, 3.8) is 0 Å². The van der Waals surface area contributed by atoms with Crippen molar-refractivity contribution in [2.45, 2.75) is 20.0 Å². The van der Waals surface area contributed by atoms with Gasteiger partial charge in [0.2, 0.25) is 0 Å². The zero-order chi connectivity index (χ0) is 13.9. The molecule has 0 aliphatic carbocycles. The lowest BCUT2D eigenvalue weighted by atomic mass is 10.1. The average Bonchev–Trinajstić information content (AvgIpc) is 2.92. The molecule has 0 bridgehead atoms. The second kappa shape index (κ2) is 5.43. The van der Waals surface area contributed by atoms with Crippen LogP contribution in [0.3, 0.4) is 0 Å². The third-order valence-electron chi connectivity index (χ3n) is 3.37. The second-order valence-electron chi connectivity index (χ2n) is 4.67. The molecule has 4 heteroatoms. The summed E-state index contributed by atoms with van der Waals surface area (Å²) in [6, 6.07) is 14.2. The molecule has 2 heterocycles. The van der Waals surface area contributed by atoms with Crippen LogP contribution in [0.15, 0.2) is 48.7 Å². The van der Waals surface area contributed by atoms with E-state index >= 15 is 0 Å². The van der Waals surface area contributed by atoms with Crippen LogP contribution in [0.25, 0.3) is 17.0 Å². The topological polar surface area (TPSA) is 39.4 Å². The van der Waals surface area contributed by atoms with E-state index in [2.05, 4.69) is 41.4 Å². The van der Waals surface area contributed by atoms with Gasteiger partial charge in [-0.3, -0.25) is 4.40 Å². The minimum absolute atomic E-state index is 0.115. The smallest absolute Gasteiger partial charge is 0.168 e. The molecule has 1 atom stereocenters. The molecule has 3 rings (SSSR count). The number of hydrogen-bond donors (Lipinski definition) is 0. The molecule has 0 N–H and O–H groups in total. The van der Waals surface area contributed by atoms with Gasteiger partial charge in [0.15, 0.2) is 11.5 Å². The van der Waals surface area contributed by atoms with Crippen LogP contribution in [0.5, 0.6) is 0 Å². The fourth-order valence-electron chi connectivity index (χ4n) is 2.29. The third kappa shape index (κ3) is 2.30. The Morgan fingerprint density at radius 2 is 1.90 bits per heavy atom. The van der Waals surface area contributed by atoms with E-state index in [1.54, 1.807) is 0 Å². The quantitative estimate of drug-likeness (QED) is 0.726. The molecule has 0 aliphatic rings. The number of ether oxygens (including phenoxy) is 1. The van der Waals surface area contributed by atoms with Gasteiger partial charge in [-0.05, 0) is 31.5 Å². The number of fused-ring (bicyclic) bond motifs is 1. The van der Waals surface area contributed by atoms with Crippen molar-refractivity contribution in [3.05, 3.63) is 54.2 Å². The maximum Gasteiger partial charge on any atom is 0.168 e. The van der Waals surface area contributed by atoms with Crippen molar-refractivity contribution in [1.29, 1.82) is 0 Å². The molecule has 102 valence electrons. The number of rotatable bonds is 4. The maximum atomic E-state index is 5.60. The van der Waals surface area contributed by atoms with Gasteiger partial charge in [-0.1, -0.05) is 30.3 Å². The van der Waals surface area contributed by atoms with E-state index in [4.69, 9.17) is 4.74 Å². The minimum atomic E-state index is 0.115. The molecule has 2 aromatic heterocycles. The summed E-state index contributed by atoms with van der Waals surface area (Å²) in [4.78, 5) is 0. The SMILES string of the molecule is CCOC(C)c1ccc(-c2nnc3ccccn23)cc1. The standard InChI is InChI=1S/C16H17N3O/c1-3-20-12(2)13-7-9-14(10-8-13)16-18-17-15-6-4-5-11-19(15)16/h4-12H,3H2,1-2H3. The lowest BCUT2D eigenvalue weighted by Crippen LogP contribution is -1.99. The Morgan fingerprint density at radius 1 is 1.10 bits per heavy atom. The van der Waals surface area contributed by atoms with Crippen molar-refractivity contribution in [1.82, 2.24) is 14.6 Å². The van der Waals surface area contributed by atoms with Crippen molar-refractivity contribution in [2.24, 2.45) is 0 Å². The van der Waals surface area contributed by atoms with Crippen LogP contribution in [0.1, 0.15) is 25.5 Å². The summed E-state index contributed by atoms with van der Waals surface area (Å²) in [5, 5.41) is 8.43. The summed E-state index contributed by atoms with van der Waals surface area (Å²) >= 11 is 0. The zero-order valence-electron chi connectivity index (χ0n) is 11.7.